The lowest BCUT2D eigenvalue weighted by Crippen LogP contribution is -2.53. The van der Waals surface area contributed by atoms with Crippen molar-refractivity contribution in [2.45, 2.75) is 31.8 Å². The average molecular weight is 423 g/mol. The Balaban J connectivity index is 1.33. The van der Waals surface area contributed by atoms with Gasteiger partial charge >= 0.3 is 0 Å². The molecule has 2 aliphatic heterocycles. The highest BCUT2D eigenvalue weighted by Gasteiger charge is 2.41. The predicted octanol–water partition coefficient (Wildman–Crippen LogP) is 0.175. The molecule has 4 rings (SSSR count). The molecule has 1 unspecified atom stereocenters. The number of carbonyl (C=O) groups excluding carboxylic acids is 4. The van der Waals surface area contributed by atoms with Crippen molar-refractivity contribution in [2.24, 2.45) is 0 Å². The molecule has 1 aromatic carbocycles. The van der Waals surface area contributed by atoms with E-state index in [1.54, 1.807) is 29.2 Å². The molecule has 160 valence electrons. The second-order valence-corrected chi connectivity index (χ2v) is 7.58. The molecule has 31 heavy (non-hydrogen) atoms. The molecule has 2 aromatic rings. The zero-order valence-corrected chi connectivity index (χ0v) is 16.8. The van der Waals surface area contributed by atoms with Crippen LogP contribution in [0.4, 0.5) is 0 Å². The van der Waals surface area contributed by atoms with E-state index in [1.165, 1.54) is 19.1 Å². The molecule has 1 aromatic heterocycles. The van der Waals surface area contributed by atoms with Gasteiger partial charge in [0.15, 0.2) is 0 Å². The summed E-state index contributed by atoms with van der Waals surface area (Å²) in [5.74, 6) is -1.66. The van der Waals surface area contributed by atoms with Gasteiger partial charge in [0, 0.05) is 25.2 Å². The predicted molar refractivity (Wildman–Crippen MR) is 108 cm³/mol. The number of benzene rings is 1. The average Bonchev–Trinajstić information content (AvgIpc) is 3.04. The largest absolute Gasteiger partial charge is 0.351 e. The van der Waals surface area contributed by atoms with Crippen molar-refractivity contribution < 1.29 is 19.2 Å². The van der Waals surface area contributed by atoms with E-state index in [2.05, 4.69) is 15.5 Å². The molecular weight excluding hydrogens is 402 g/mol. The maximum absolute atomic E-state index is 12.7. The van der Waals surface area contributed by atoms with Crippen molar-refractivity contribution in [1.82, 2.24) is 25.3 Å². The van der Waals surface area contributed by atoms with Crippen LogP contribution in [0.15, 0.2) is 41.2 Å². The minimum atomic E-state index is -0.947. The summed E-state index contributed by atoms with van der Waals surface area (Å²) in [5, 5.41) is 8.87. The van der Waals surface area contributed by atoms with Crippen LogP contribution >= 0.6 is 0 Å². The Labute approximate surface area is 177 Å². The first kappa shape index (κ1) is 20.5. The quantitative estimate of drug-likeness (QED) is 0.674. The SMILES string of the molecule is CC(C(=O)NC1CCN(C(=O)c2ccc(=O)[nH]n2)CC1)N1C(=O)c2ccccc2C1=O. The lowest BCUT2D eigenvalue weighted by molar-refractivity contribution is -0.125. The number of piperidine rings is 1. The van der Waals surface area contributed by atoms with Crippen LogP contribution in [0.2, 0.25) is 0 Å². The van der Waals surface area contributed by atoms with E-state index >= 15 is 0 Å². The Bertz CT molecular complexity index is 1060. The molecule has 0 spiro atoms. The number of carbonyl (C=O) groups is 4. The lowest BCUT2D eigenvalue weighted by Gasteiger charge is -2.33. The van der Waals surface area contributed by atoms with Gasteiger partial charge in [-0.25, -0.2) is 5.10 Å². The number of nitrogens with one attached hydrogen (secondary N) is 2. The van der Waals surface area contributed by atoms with Crippen LogP contribution in [-0.4, -0.2) is 68.8 Å². The summed E-state index contributed by atoms with van der Waals surface area (Å²) in [7, 11) is 0. The van der Waals surface area contributed by atoms with Crippen molar-refractivity contribution in [2.75, 3.05) is 13.1 Å². The number of hydrogen-bond acceptors (Lipinski definition) is 6. The molecule has 3 heterocycles. The molecular formula is C21H21N5O5. The normalized spacial score (nSPS) is 17.5. The second-order valence-electron chi connectivity index (χ2n) is 7.58. The number of likely N-dealkylation sites (tertiary alicyclic amines) is 1. The number of aromatic nitrogens is 2. The highest BCUT2D eigenvalue weighted by molar-refractivity contribution is 6.22. The van der Waals surface area contributed by atoms with E-state index in [0.29, 0.717) is 37.1 Å². The van der Waals surface area contributed by atoms with E-state index in [4.69, 9.17) is 0 Å². The van der Waals surface area contributed by atoms with E-state index < -0.39 is 23.8 Å². The topological polar surface area (TPSA) is 133 Å². The third kappa shape index (κ3) is 3.83. The molecule has 0 radical (unpaired) electrons. The molecule has 0 saturated carbocycles. The fraction of sp³-hybridized carbons (Fsp3) is 0.333. The van der Waals surface area contributed by atoms with Gasteiger partial charge in [-0.15, -0.1) is 0 Å². The summed E-state index contributed by atoms with van der Waals surface area (Å²) in [6.45, 7) is 2.34. The fourth-order valence-corrected chi connectivity index (χ4v) is 3.85. The molecule has 0 bridgehead atoms. The monoisotopic (exact) mass is 423 g/mol. The van der Waals surface area contributed by atoms with Crippen LogP contribution in [0.25, 0.3) is 0 Å². The number of H-pyrrole nitrogens is 1. The first-order chi connectivity index (χ1) is 14.9. The number of amides is 4. The van der Waals surface area contributed by atoms with Gasteiger partial charge < -0.3 is 10.2 Å². The van der Waals surface area contributed by atoms with Gasteiger partial charge in [0.05, 0.1) is 11.1 Å². The van der Waals surface area contributed by atoms with Gasteiger partial charge in [0.25, 0.3) is 23.3 Å². The zero-order valence-electron chi connectivity index (χ0n) is 16.8. The van der Waals surface area contributed by atoms with E-state index in [9.17, 15) is 24.0 Å². The van der Waals surface area contributed by atoms with Crippen LogP contribution in [-0.2, 0) is 4.79 Å². The zero-order chi connectivity index (χ0) is 22.1. The van der Waals surface area contributed by atoms with Gasteiger partial charge in [0.1, 0.15) is 11.7 Å². The van der Waals surface area contributed by atoms with Crippen LogP contribution in [0.1, 0.15) is 51.0 Å². The highest BCUT2D eigenvalue weighted by atomic mass is 16.2. The summed E-state index contributed by atoms with van der Waals surface area (Å²) < 4.78 is 0. The summed E-state index contributed by atoms with van der Waals surface area (Å²) in [6.07, 6.45) is 1.05. The number of fused-ring (bicyclic) bond motifs is 1. The van der Waals surface area contributed by atoms with E-state index in [1.807, 2.05) is 0 Å². The van der Waals surface area contributed by atoms with Crippen molar-refractivity contribution in [3.05, 3.63) is 63.6 Å². The van der Waals surface area contributed by atoms with Crippen molar-refractivity contribution >= 4 is 23.6 Å². The van der Waals surface area contributed by atoms with Gasteiger partial charge in [-0.1, -0.05) is 12.1 Å². The Morgan fingerprint density at radius 1 is 1.03 bits per heavy atom. The van der Waals surface area contributed by atoms with Crippen molar-refractivity contribution in [3.63, 3.8) is 0 Å². The number of imide groups is 1. The molecule has 1 saturated heterocycles. The summed E-state index contributed by atoms with van der Waals surface area (Å²) in [5.41, 5.74) is 0.371. The number of nitrogens with zero attached hydrogens (tertiary/aromatic N) is 3. The highest BCUT2D eigenvalue weighted by Crippen LogP contribution is 2.24. The molecule has 0 aliphatic carbocycles. The molecule has 4 amide bonds. The minimum absolute atomic E-state index is 0.154. The number of rotatable bonds is 4. The Kier molecular flexibility index (Phi) is 5.37. The molecule has 10 heteroatoms. The number of hydrogen-bond donors (Lipinski definition) is 2. The van der Waals surface area contributed by atoms with E-state index in [0.717, 1.165) is 4.90 Å². The summed E-state index contributed by atoms with van der Waals surface area (Å²) in [6, 6.07) is 7.99. The fourth-order valence-electron chi connectivity index (χ4n) is 3.85. The second kappa shape index (κ2) is 8.13. The molecule has 10 nitrogen and oxygen atoms in total. The van der Waals surface area contributed by atoms with Crippen LogP contribution in [0.3, 0.4) is 0 Å². The molecule has 1 atom stereocenters. The summed E-state index contributed by atoms with van der Waals surface area (Å²) in [4.78, 5) is 64.0. The van der Waals surface area contributed by atoms with Crippen molar-refractivity contribution in [3.8, 4) is 0 Å². The van der Waals surface area contributed by atoms with Crippen LogP contribution < -0.4 is 10.9 Å². The first-order valence-corrected chi connectivity index (χ1v) is 9.99. The molecule has 2 N–H and O–H groups in total. The third-order valence-corrected chi connectivity index (χ3v) is 5.62. The van der Waals surface area contributed by atoms with Gasteiger partial charge in [0.2, 0.25) is 5.91 Å². The molecule has 1 fully saturated rings. The van der Waals surface area contributed by atoms with Gasteiger partial charge in [-0.3, -0.25) is 28.9 Å². The van der Waals surface area contributed by atoms with Crippen LogP contribution in [0, 0.1) is 0 Å². The third-order valence-electron chi connectivity index (χ3n) is 5.62. The Hall–Kier alpha value is -3.82. The van der Waals surface area contributed by atoms with E-state index in [-0.39, 0.29) is 23.2 Å². The van der Waals surface area contributed by atoms with Crippen molar-refractivity contribution in [1.29, 1.82) is 0 Å². The van der Waals surface area contributed by atoms with Gasteiger partial charge in [-0.2, -0.15) is 5.10 Å². The van der Waals surface area contributed by atoms with Gasteiger partial charge in [-0.05, 0) is 38.0 Å². The van der Waals surface area contributed by atoms with Crippen LogP contribution in [0.5, 0.6) is 0 Å². The molecule has 2 aliphatic rings. The Morgan fingerprint density at radius 3 is 2.19 bits per heavy atom. The maximum Gasteiger partial charge on any atom is 0.274 e. The minimum Gasteiger partial charge on any atom is -0.351 e. The Morgan fingerprint density at radius 2 is 1.65 bits per heavy atom. The first-order valence-electron chi connectivity index (χ1n) is 9.99. The maximum atomic E-state index is 12.7. The lowest BCUT2D eigenvalue weighted by atomic mass is 10.0. The standard InChI is InChI=1S/C21H21N5O5/c1-12(26-19(29)14-4-2-3-5-15(14)20(26)30)18(28)22-13-8-10-25(11-9-13)21(31)16-6-7-17(27)24-23-16/h2-7,12-13H,8-11H2,1H3,(H,22,28)(H,24,27). The smallest absolute Gasteiger partial charge is 0.274 e. The summed E-state index contributed by atoms with van der Waals surface area (Å²) >= 11 is 0. The number of aromatic amines is 1.